The zero-order valence-electron chi connectivity index (χ0n) is 9.53. The maximum atomic E-state index is 11.9. The van der Waals surface area contributed by atoms with E-state index in [2.05, 4.69) is 0 Å². The lowest BCUT2D eigenvalue weighted by molar-refractivity contribution is 0.0378. The molecule has 0 unspecified atom stereocenters. The smallest absolute Gasteiger partial charge is 0.367 e. The molecule has 1 heterocycles. The van der Waals surface area contributed by atoms with E-state index in [9.17, 15) is 15.0 Å². The largest absolute Gasteiger partial charge is 0.496 e. The number of aromatic nitrogens is 1. The predicted octanol–water partition coefficient (Wildman–Crippen LogP) is 1.18. The second-order valence-corrected chi connectivity index (χ2v) is 3.42. The minimum absolute atomic E-state index is 0.188. The van der Waals surface area contributed by atoms with Crippen LogP contribution in [0.2, 0.25) is 0 Å². The van der Waals surface area contributed by atoms with Crippen LogP contribution in [0, 0.1) is 0 Å². The van der Waals surface area contributed by atoms with Crippen molar-refractivity contribution >= 4 is 5.97 Å². The molecule has 0 spiro atoms. The van der Waals surface area contributed by atoms with Crippen LogP contribution in [0.15, 0.2) is 36.4 Å². The van der Waals surface area contributed by atoms with Crippen LogP contribution in [0.25, 0.3) is 0 Å². The zero-order valence-corrected chi connectivity index (χ0v) is 9.53. The molecule has 0 aliphatic heterocycles. The molecule has 0 radical (unpaired) electrons. The molecule has 2 N–H and O–H groups in total. The number of para-hydroxylation sites is 1. The minimum Gasteiger partial charge on any atom is -0.496 e. The molecular weight excluding hydrogens is 238 g/mol. The molecule has 1 aromatic heterocycles. The molecule has 2 aromatic rings. The zero-order chi connectivity index (χ0) is 13.1. The van der Waals surface area contributed by atoms with Gasteiger partial charge in [0.15, 0.2) is 0 Å². The lowest BCUT2D eigenvalue weighted by Gasteiger charge is -2.09. The van der Waals surface area contributed by atoms with Gasteiger partial charge in [-0.15, -0.1) is 4.73 Å². The van der Waals surface area contributed by atoms with E-state index in [1.165, 1.54) is 25.3 Å². The van der Waals surface area contributed by atoms with E-state index in [-0.39, 0.29) is 17.3 Å². The Hall–Kier alpha value is -2.63. The van der Waals surface area contributed by atoms with E-state index < -0.39 is 5.97 Å². The maximum absolute atomic E-state index is 11.9. The van der Waals surface area contributed by atoms with Gasteiger partial charge in [-0.1, -0.05) is 12.1 Å². The Morgan fingerprint density at radius 2 is 1.72 bits per heavy atom. The molecule has 0 amide bonds. The normalized spacial score (nSPS) is 10.1. The highest BCUT2D eigenvalue weighted by Crippen LogP contribution is 2.21. The van der Waals surface area contributed by atoms with Crippen LogP contribution in [0.5, 0.6) is 17.5 Å². The summed E-state index contributed by atoms with van der Waals surface area (Å²) < 4.78 is 5.63. The van der Waals surface area contributed by atoms with Crippen LogP contribution in [-0.2, 0) is 0 Å². The second-order valence-electron chi connectivity index (χ2n) is 3.42. The van der Waals surface area contributed by atoms with Gasteiger partial charge in [-0.2, -0.15) is 0 Å². The van der Waals surface area contributed by atoms with Gasteiger partial charge in [-0.05, 0) is 12.1 Å². The van der Waals surface area contributed by atoms with Crippen LogP contribution in [0.3, 0.4) is 0 Å². The first-order valence-electron chi connectivity index (χ1n) is 5.09. The van der Waals surface area contributed by atoms with E-state index in [4.69, 9.17) is 9.57 Å². The second kappa shape index (κ2) is 4.70. The number of carbonyl (C=O) groups is 1. The molecule has 0 saturated heterocycles. The van der Waals surface area contributed by atoms with Crippen molar-refractivity contribution in [2.24, 2.45) is 0 Å². The molecule has 0 aliphatic rings. The van der Waals surface area contributed by atoms with Gasteiger partial charge in [-0.3, -0.25) is 0 Å². The third-order valence-electron chi connectivity index (χ3n) is 2.30. The van der Waals surface area contributed by atoms with Crippen LogP contribution < -0.4 is 9.57 Å². The summed E-state index contributed by atoms with van der Waals surface area (Å²) in [5.74, 6) is -1.17. The molecule has 6 heteroatoms. The summed E-state index contributed by atoms with van der Waals surface area (Å²) in [4.78, 5) is 16.7. The fraction of sp³-hybridized carbons (Fsp3) is 0.0833. The number of nitrogens with zero attached hydrogens (tertiary/aromatic N) is 1. The number of benzene rings is 1. The van der Waals surface area contributed by atoms with Crippen molar-refractivity contribution < 1.29 is 24.6 Å². The van der Waals surface area contributed by atoms with Crippen molar-refractivity contribution in [2.45, 2.75) is 0 Å². The molecule has 0 aliphatic carbocycles. The van der Waals surface area contributed by atoms with Crippen LogP contribution >= 0.6 is 0 Å². The average molecular weight is 249 g/mol. The third kappa shape index (κ3) is 2.08. The van der Waals surface area contributed by atoms with Crippen LogP contribution in [0.4, 0.5) is 0 Å². The Morgan fingerprint density at radius 3 is 2.33 bits per heavy atom. The molecule has 0 bridgehead atoms. The fourth-order valence-corrected chi connectivity index (χ4v) is 1.44. The molecule has 0 saturated carbocycles. The first-order valence-corrected chi connectivity index (χ1v) is 5.09. The standard InChI is InChI=1S/C12H11NO5/c1-17-9-5-3-2-4-8(9)12(16)18-13-10(14)6-7-11(13)15/h2-7,14-15H,1H3. The van der Waals surface area contributed by atoms with Crippen LogP contribution in [0.1, 0.15) is 10.4 Å². The maximum Gasteiger partial charge on any atom is 0.367 e. The van der Waals surface area contributed by atoms with Crippen LogP contribution in [-0.4, -0.2) is 28.0 Å². The number of hydrogen-bond donors (Lipinski definition) is 2. The average Bonchev–Trinajstić information content (AvgIpc) is 2.70. The Morgan fingerprint density at radius 1 is 1.11 bits per heavy atom. The van der Waals surface area contributed by atoms with E-state index >= 15 is 0 Å². The molecule has 0 atom stereocenters. The summed E-state index contributed by atoms with van der Waals surface area (Å²) in [5.41, 5.74) is 0.188. The molecule has 6 nitrogen and oxygen atoms in total. The lowest BCUT2D eigenvalue weighted by atomic mass is 10.2. The summed E-state index contributed by atoms with van der Waals surface area (Å²) in [6, 6.07) is 8.87. The van der Waals surface area contributed by atoms with Crippen molar-refractivity contribution in [1.29, 1.82) is 0 Å². The van der Waals surface area contributed by atoms with E-state index in [0.717, 1.165) is 0 Å². The highest BCUT2D eigenvalue weighted by Gasteiger charge is 2.17. The van der Waals surface area contributed by atoms with Crippen molar-refractivity contribution in [2.75, 3.05) is 7.11 Å². The monoisotopic (exact) mass is 249 g/mol. The summed E-state index contributed by atoms with van der Waals surface area (Å²) in [6.45, 7) is 0. The predicted molar refractivity (Wildman–Crippen MR) is 61.7 cm³/mol. The van der Waals surface area contributed by atoms with Gasteiger partial charge in [0.25, 0.3) is 0 Å². The van der Waals surface area contributed by atoms with Gasteiger partial charge in [-0.25, -0.2) is 4.79 Å². The summed E-state index contributed by atoms with van der Waals surface area (Å²) >= 11 is 0. The number of aromatic hydroxyl groups is 2. The van der Waals surface area contributed by atoms with Crippen molar-refractivity contribution in [3.63, 3.8) is 0 Å². The SMILES string of the molecule is COc1ccccc1C(=O)On1c(O)ccc1O. The first-order chi connectivity index (χ1) is 8.63. The van der Waals surface area contributed by atoms with Gasteiger partial charge >= 0.3 is 5.97 Å². The Bertz CT molecular complexity index is 556. The van der Waals surface area contributed by atoms with Crippen molar-refractivity contribution in [3.8, 4) is 17.5 Å². The van der Waals surface area contributed by atoms with Gasteiger partial charge in [0.1, 0.15) is 11.3 Å². The summed E-state index contributed by atoms with van der Waals surface area (Å²) in [6.07, 6.45) is 0. The van der Waals surface area contributed by atoms with Crippen molar-refractivity contribution in [1.82, 2.24) is 4.73 Å². The Labute approximate surface area is 103 Å². The molecular formula is C12H11NO5. The number of hydrogen-bond acceptors (Lipinski definition) is 5. The number of rotatable bonds is 3. The number of ether oxygens (including phenoxy) is 1. The van der Waals surface area contributed by atoms with Gasteiger partial charge in [0, 0.05) is 12.1 Å². The minimum atomic E-state index is -0.755. The Balaban J connectivity index is 2.28. The van der Waals surface area contributed by atoms with Gasteiger partial charge in [0.05, 0.1) is 7.11 Å². The molecule has 94 valence electrons. The quantitative estimate of drug-likeness (QED) is 0.853. The molecule has 1 aromatic carbocycles. The molecule has 2 rings (SSSR count). The number of carbonyl (C=O) groups excluding carboxylic acids is 1. The van der Waals surface area contributed by atoms with Gasteiger partial charge < -0.3 is 19.8 Å². The summed E-state index contributed by atoms with van der Waals surface area (Å²) in [7, 11) is 1.43. The van der Waals surface area contributed by atoms with Gasteiger partial charge in [0.2, 0.25) is 11.8 Å². The van der Waals surface area contributed by atoms with E-state index in [1.54, 1.807) is 18.2 Å². The highest BCUT2D eigenvalue weighted by molar-refractivity contribution is 5.92. The Kier molecular flexibility index (Phi) is 3.09. The molecule has 18 heavy (non-hydrogen) atoms. The fourth-order valence-electron chi connectivity index (χ4n) is 1.44. The van der Waals surface area contributed by atoms with E-state index in [0.29, 0.717) is 10.5 Å². The molecule has 0 fully saturated rings. The first kappa shape index (κ1) is 11.8. The highest BCUT2D eigenvalue weighted by atomic mass is 16.7. The lowest BCUT2D eigenvalue weighted by Crippen LogP contribution is -2.19. The number of methoxy groups -OCH3 is 1. The van der Waals surface area contributed by atoms with E-state index in [1.807, 2.05) is 0 Å². The summed E-state index contributed by atoms with van der Waals surface area (Å²) in [5, 5.41) is 18.7. The van der Waals surface area contributed by atoms with Crippen molar-refractivity contribution in [3.05, 3.63) is 42.0 Å². The third-order valence-corrected chi connectivity index (χ3v) is 2.30. The topological polar surface area (TPSA) is 80.9 Å².